The molecule has 11 N–H and O–H groups in total. The zero-order valence-electron chi connectivity index (χ0n) is 56.9. The van der Waals surface area contributed by atoms with Gasteiger partial charge in [0.1, 0.15) is 24.8 Å². The Balaban J connectivity index is 0.000000159. The monoisotopic (exact) mass is 1760 g/mol. The summed E-state index contributed by atoms with van der Waals surface area (Å²) in [6.07, 6.45) is 19.4. The van der Waals surface area contributed by atoms with Crippen LogP contribution in [0.5, 0.6) is 0 Å². The first-order valence-electron chi connectivity index (χ1n) is 33.3. The number of halogens is 3. The molecule has 30 nitrogen and oxygen atoms in total. The molecule has 1 saturated heterocycles. The van der Waals surface area contributed by atoms with Gasteiger partial charge in [0, 0.05) is 69.6 Å². The molecule has 13 rings (SSSR count). The number of ketones is 3. The summed E-state index contributed by atoms with van der Waals surface area (Å²) in [4.78, 5) is 69.3. The van der Waals surface area contributed by atoms with E-state index in [1.165, 1.54) is 71.6 Å². The average Bonchev–Trinajstić information content (AvgIpc) is 1.45. The zero-order chi connectivity index (χ0) is 75.8. The molecule has 0 amide bonds. The molecule has 0 spiro atoms. The lowest BCUT2D eigenvalue weighted by Gasteiger charge is -2.30. The highest BCUT2D eigenvalue weighted by Gasteiger charge is 2.41. The van der Waals surface area contributed by atoms with Gasteiger partial charge in [-0.1, -0.05) is 23.7 Å². The minimum absolute atomic E-state index is 0.0180. The third-order valence-corrected chi connectivity index (χ3v) is 24.7. The molecule has 106 heavy (non-hydrogen) atoms. The number of nitrogens with two attached hydrogens (primary N) is 3. The summed E-state index contributed by atoms with van der Waals surface area (Å²) >= 11 is 16.1. The maximum atomic E-state index is 13.6. The van der Waals surface area contributed by atoms with E-state index in [0.29, 0.717) is 118 Å². The van der Waals surface area contributed by atoms with E-state index in [1.54, 1.807) is 17.1 Å². The number of nitrogens with zero attached hydrogens (tertiary/aromatic N) is 10. The van der Waals surface area contributed by atoms with Crippen LogP contribution in [0.3, 0.4) is 0 Å². The normalized spacial score (nSPS) is 22.4. The van der Waals surface area contributed by atoms with E-state index in [-0.39, 0.29) is 66.9 Å². The Morgan fingerprint density at radius 2 is 1.15 bits per heavy atom. The van der Waals surface area contributed by atoms with Gasteiger partial charge < -0.3 is 26.0 Å². The van der Waals surface area contributed by atoms with Crippen molar-refractivity contribution in [3.05, 3.63) is 198 Å². The summed E-state index contributed by atoms with van der Waals surface area (Å²) in [5.41, 5.74) is 6.09. The highest BCUT2D eigenvalue weighted by atomic mass is 127. The minimum atomic E-state index is -4.10. The standard InChI is InChI=1S/C25H28ClN5O5S2.C21H24BrN5O5S2.C21H24IN5O5S2/c26-18-4-1-3-16(8-18)25(5-2-6-30-25)17-9-22(37-13-17)23(33)20-11-28-14-29-24(20)31-19-7-15(21(32)10-19)12-36-38(27,34)35;2*1-12-14(8-27-9-16(22)6-26-27)5-20(33-12)21(29)17-7-24-11-25-18(17)3-13-2-15(19(28)4-13)10-32-34(23,30)31/h1,3-4,8-9,11,13-15,19,21,30,32H,2,5-7,10,12H2,(H2,27,34,35)(H,28,29,31);2*5-7,9,11,13,15,19,28H,2-4,8,10H2,1H3,(H2,23,30,31)/t15-,19-,21+,25?;2*13-,15+,19-/m100/s1. The molecule has 8 aromatic heterocycles. The third kappa shape index (κ3) is 21.4. The molecule has 566 valence electrons. The van der Waals surface area contributed by atoms with E-state index in [2.05, 4.69) is 102 Å². The number of hydrogen-bond acceptors (Lipinski definition) is 28. The first-order valence-corrected chi connectivity index (χ1v) is 42.5. The second kappa shape index (κ2) is 35.2. The highest BCUT2D eigenvalue weighted by Crippen LogP contribution is 2.42. The van der Waals surface area contributed by atoms with Crippen LogP contribution in [0.15, 0.2) is 115 Å². The maximum absolute atomic E-state index is 13.6. The van der Waals surface area contributed by atoms with E-state index >= 15 is 0 Å². The van der Waals surface area contributed by atoms with Crippen LogP contribution >= 0.6 is 84.1 Å². The fraction of sp³-hybridized carbons (Fsp3) is 0.418. The zero-order valence-corrected chi connectivity index (χ0v) is 66.3. The van der Waals surface area contributed by atoms with E-state index < -0.39 is 60.7 Å². The molecular formula is C67H76BrClIN15O15S6. The largest absolute Gasteiger partial charge is 0.393 e. The third-order valence-electron chi connectivity index (χ3n) is 19.0. The number of carbonyl (C=O) groups excluding carboxylic acids is 3. The second-order valence-electron chi connectivity index (χ2n) is 26.5. The smallest absolute Gasteiger partial charge is 0.333 e. The van der Waals surface area contributed by atoms with Crippen molar-refractivity contribution in [1.82, 2.24) is 54.8 Å². The Kier molecular flexibility index (Phi) is 26.8. The molecule has 10 atom stereocenters. The molecule has 1 aromatic carbocycles. The fourth-order valence-corrected chi connectivity index (χ4v) is 18.8. The lowest BCUT2D eigenvalue weighted by molar-refractivity contribution is 0.0997. The molecule has 9 heterocycles. The number of nitrogens with one attached hydrogen (secondary N) is 2. The molecular weight excluding hydrogens is 1690 g/mol. The number of aliphatic hydroxyl groups excluding tert-OH is 3. The van der Waals surface area contributed by atoms with Gasteiger partial charge in [-0.05, 0) is 193 Å². The van der Waals surface area contributed by atoms with Gasteiger partial charge in [-0.2, -0.15) is 35.5 Å². The Hall–Kier alpha value is -6.26. The van der Waals surface area contributed by atoms with Crippen LogP contribution in [0.1, 0.15) is 140 Å². The van der Waals surface area contributed by atoms with Gasteiger partial charge in [-0.3, -0.25) is 36.3 Å². The lowest BCUT2D eigenvalue weighted by atomic mass is 9.83. The van der Waals surface area contributed by atoms with Crippen molar-refractivity contribution in [3.8, 4) is 0 Å². The highest BCUT2D eigenvalue weighted by molar-refractivity contribution is 14.1. The van der Waals surface area contributed by atoms with Gasteiger partial charge in [0.2, 0.25) is 17.3 Å². The van der Waals surface area contributed by atoms with Crippen LogP contribution in [0, 0.1) is 47.0 Å². The topological polar surface area (TPSA) is 457 Å². The number of benzene rings is 1. The van der Waals surface area contributed by atoms with Gasteiger partial charge in [-0.15, -0.1) is 34.0 Å². The number of aryl methyl sites for hydroxylation is 2. The van der Waals surface area contributed by atoms with Crippen LogP contribution < -0.4 is 26.1 Å². The number of anilines is 1. The van der Waals surface area contributed by atoms with Gasteiger partial charge in [0.15, 0.2) is 0 Å². The first-order chi connectivity index (χ1) is 50.3. The second-order valence-corrected chi connectivity index (χ2v) is 36.2. The van der Waals surface area contributed by atoms with Crippen molar-refractivity contribution < 1.29 is 67.5 Å². The molecule has 0 radical (unpaired) electrons. The van der Waals surface area contributed by atoms with Crippen molar-refractivity contribution in [2.75, 3.05) is 31.7 Å². The Bertz CT molecular complexity index is 4790. The van der Waals surface area contributed by atoms with Crippen LogP contribution in [-0.2, 0) is 74.9 Å². The summed E-state index contributed by atoms with van der Waals surface area (Å²) in [6.45, 7) is 5.41. The lowest BCUT2D eigenvalue weighted by Crippen LogP contribution is -2.37. The summed E-state index contributed by atoms with van der Waals surface area (Å²) in [6, 6.07) is 13.2. The molecule has 3 saturated carbocycles. The first kappa shape index (κ1) is 80.7. The summed E-state index contributed by atoms with van der Waals surface area (Å²) in [5.74, 6) is -1.23. The Morgan fingerprint density at radius 3 is 1.64 bits per heavy atom. The average molecular weight is 1770 g/mol. The van der Waals surface area contributed by atoms with E-state index in [1.807, 2.05) is 78.8 Å². The fourth-order valence-electron chi connectivity index (χ4n) is 13.8. The number of aromatic nitrogens is 10. The molecule has 1 aliphatic heterocycles. The number of hydrogen-bond donors (Lipinski definition) is 8. The predicted octanol–water partition coefficient (Wildman–Crippen LogP) is 7.13. The number of thiophene rings is 3. The summed E-state index contributed by atoms with van der Waals surface area (Å²) in [5, 5.41) is 63.8. The Labute approximate surface area is 650 Å². The molecule has 3 aliphatic carbocycles. The predicted molar refractivity (Wildman–Crippen MR) is 407 cm³/mol. The van der Waals surface area contributed by atoms with Crippen LogP contribution in [0.2, 0.25) is 5.02 Å². The number of aliphatic hydroxyl groups is 3. The summed E-state index contributed by atoms with van der Waals surface area (Å²) < 4.78 is 86.1. The van der Waals surface area contributed by atoms with Crippen LogP contribution in [0.4, 0.5) is 5.82 Å². The molecule has 39 heteroatoms. The maximum Gasteiger partial charge on any atom is 0.333 e. The summed E-state index contributed by atoms with van der Waals surface area (Å²) in [7, 11) is -12.2. The van der Waals surface area contributed by atoms with Crippen molar-refractivity contribution in [3.63, 3.8) is 0 Å². The van der Waals surface area contributed by atoms with Crippen LogP contribution in [0.25, 0.3) is 0 Å². The van der Waals surface area contributed by atoms with Crippen molar-refractivity contribution in [2.45, 2.75) is 121 Å². The molecule has 4 fully saturated rings. The van der Waals surface area contributed by atoms with Crippen LogP contribution in [-0.4, -0.2) is 158 Å². The molecule has 4 aliphatic rings. The molecule has 9 aromatic rings. The van der Waals surface area contributed by atoms with Crippen molar-refractivity contribution >= 4 is 138 Å². The quantitative estimate of drug-likeness (QED) is 0.0187. The SMILES string of the molecule is Cc1sc(C(=O)c2cncnc2C[C@@H]2C[C@H](COS(N)(=O)=O)[C@@H](O)C2)cc1Cn1cc(Br)cn1.Cc1sc(C(=O)c2cncnc2C[C@@H]2C[C@H](COS(N)(=O)=O)[C@@H](O)C2)cc1Cn1cc(I)cn1.NS(=O)(=O)OC[C@H]1C[C@@H](Nc2ncncc2C(=O)c2cc(C3(c4cccc(Cl)c4)CCCN3)cs2)C[C@@H]1O. The van der Waals surface area contributed by atoms with E-state index in [4.69, 9.17) is 27.0 Å². The minimum Gasteiger partial charge on any atom is -0.393 e. The molecule has 0 bridgehead atoms. The van der Waals surface area contributed by atoms with Gasteiger partial charge in [0.05, 0.1) is 120 Å². The van der Waals surface area contributed by atoms with E-state index in [0.717, 1.165) is 59.4 Å². The molecule has 1 unspecified atom stereocenters. The number of carbonyl (C=O) groups is 3. The Morgan fingerprint density at radius 1 is 0.651 bits per heavy atom. The van der Waals surface area contributed by atoms with Crippen molar-refractivity contribution in [2.24, 2.45) is 45.0 Å². The van der Waals surface area contributed by atoms with Gasteiger partial charge in [0.25, 0.3) is 0 Å². The van der Waals surface area contributed by atoms with Crippen molar-refractivity contribution in [1.29, 1.82) is 0 Å². The van der Waals surface area contributed by atoms with E-state index in [9.17, 15) is 55.0 Å². The van der Waals surface area contributed by atoms with Gasteiger partial charge >= 0.3 is 30.9 Å². The van der Waals surface area contributed by atoms with Gasteiger partial charge in [-0.25, -0.2) is 45.3 Å². The number of rotatable bonds is 27.